The van der Waals surface area contributed by atoms with Crippen molar-refractivity contribution in [3.8, 4) is 0 Å². The maximum absolute atomic E-state index is 13.4. The van der Waals surface area contributed by atoms with Crippen LogP contribution in [0.2, 0.25) is 4.34 Å². The number of carbonyl (C=O) groups is 2. The van der Waals surface area contributed by atoms with Crippen molar-refractivity contribution >= 4 is 44.5 Å². The fourth-order valence-electron chi connectivity index (χ4n) is 3.43. The maximum atomic E-state index is 13.4. The summed E-state index contributed by atoms with van der Waals surface area (Å²) < 4.78 is 30.8. The van der Waals surface area contributed by atoms with E-state index in [1.807, 2.05) is 13.8 Å². The van der Waals surface area contributed by atoms with Crippen LogP contribution in [0.3, 0.4) is 0 Å². The highest BCUT2D eigenvalue weighted by Crippen LogP contribution is 2.42. The second-order valence-electron chi connectivity index (χ2n) is 7.05. The number of benzene rings is 1. The van der Waals surface area contributed by atoms with Crippen molar-refractivity contribution in [2.24, 2.45) is 0 Å². The Hall–Kier alpha value is -1.70. The summed E-state index contributed by atoms with van der Waals surface area (Å²) in [5.74, 6) is -1.25. The fourth-order valence-corrected chi connectivity index (χ4v) is 6.54. The highest BCUT2D eigenvalue weighted by atomic mass is 35.5. The first-order valence-electron chi connectivity index (χ1n) is 8.95. The maximum Gasteiger partial charge on any atom is 0.328 e. The van der Waals surface area contributed by atoms with Crippen LogP contribution in [-0.4, -0.2) is 31.5 Å². The Balaban J connectivity index is 1.85. The Morgan fingerprint density at radius 1 is 1.11 bits per heavy atom. The van der Waals surface area contributed by atoms with Gasteiger partial charge in [-0.15, -0.1) is 11.3 Å². The molecule has 1 saturated carbocycles. The van der Waals surface area contributed by atoms with E-state index in [1.165, 1.54) is 6.07 Å². The third-order valence-corrected chi connectivity index (χ3v) is 9.02. The van der Waals surface area contributed by atoms with E-state index >= 15 is 0 Å². The number of ether oxygens (including phenoxy) is 1. The van der Waals surface area contributed by atoms with E-state index in [4.69, 9.17) is 16.3 Å². The molecular formula is C20H21ClO5S2. The molecule has 0 amide bonds. The minimum atomic E-state index is -3.95. The van der Waals surface area contributed by atoms with Crippen LogP contribution in [0, 0.1) is 13.8 Å². The lowest BCUT2D eigenvalue weighted by atomic mass is 10.1. The quantitative estimate of drug-likeness (QED) is 0.487. The van der Waals surface area contributed by atoms with Crippen molar-refractivity contribution in [1.82, 2.24) is 0 Å². The molecule has 1 heterocycles. The van der Waals surface area contributed by atoms with Gasteiger partial charge in [-0.25, -0.2) is 8.42 Å². The number of sulfone groups is 1. The molecule has 3 rings (SSSR count). The SMILES string of the molecule is Cc1ccc(S(=O)(=O)C2(C(=O)OCC(=O)c3ccc(Cl)s3)CCCC2)cc1C. The van der Waals surface area contributed by atoms with Crippen molar-refractivity contribution in [2.45, 2.75) is 49.2 Å². The van der Waals surface area contributed by atoms with Gasteiger partial charge in [-0.05, 0) is 62.1 Å². The molecule has 0 aliphatic heterocycles. The molecule has 2 aromatic rings. The first kappa shape index (κ1) is 21.0. The van der Waals surface area contributed by atoms with Gasteiger partial charge in [0, 0.05) is 0 Å². The molecule has 0 N–H and O–H groups in total. The first-order valence-corrected chi connectivity index (χ1v) is 11.6. The number of esters is 1. The van der Waals surface area contributed by atoms with E-state index in [0.717, 1.165) is 22.5 Å². The van der Waals surface area contributed by atoms with Crippen LogP contribution in [0.15, 0.2) is 35.2 Å². The lowest BCUT2D eigenvalue weighted by molar-refractivity contribution is -0.145. The van der Waals surface area contributed by atoms with Crippen LogP contribution in [0.5, 0.6) is 0 Å². The summed E-state index contributed by atoms with van der Waals surface area (Å²) in [5.41, 5.74) is 1.81. The number of ketones is 1. The van der Waals surface area contributed by atoms with Crippen molar-refractivity contribution in [3.63, 3.8) is 0 Å². The highest BCUT2D eigenvalue weighted by Gasteiger charge is 2.54. The second kappa shape index (κ2) is 7.97. The minimum absolute atomic E-state index is 0.116. The standard InChI is InChI=1S/C20H21ClO5S2/c1-13-5-6-15(11-14(13)2)28(24,25)20(9-3-4-10-20)19(23)26-12-16(22)17-7-8-18(21)27-17/h5-8,11H,3-4,9-10,12H2,1-2H3. The summed E-state index contributed by atoms with van der Waals surface area (Å²) in [5, 5.41) is 0. The number of aryl methyl sites for hydroxylation is 2. The van der Waals surface area contributed by atoms with Gasteiger partial charge in [0.25, 0.3) is 0 Å². The smallest absolute Gasteiger partial charge is 0.328 e. The predicted octanol–water partition coefficient (Wildman–Crippen LogP) is 4.53. The van der Waals surface area contributed by atoms with E-state index in [0.29, 0.717) is 22.1 Å². The van der Waals surface area contributed by atoms with Gasteiger partial charge in [-0.2, -0.15) is 0 Å². The van der Waals surface area contributed by atoms with Crippen LogP contribution < -0.4 is 0 Å². The molecule has 28 heavy (non-hydrogen) atoms. The van der Waals surface area contributed by atoms with E-state index in [-0.39, 0.29) is 17.7 Å². The van der Waals surface area contributed by atoms with Gasteiger partial charge in [0.05, 0.1) is 14.1 Å². The van der Waals surface area contributed by atoms with Crippen molar-refractivity contribution in [1.29, 1.82) is 0 Å². The third-order valence-electron chi connectivity index (χ3n) is 5.27. The fraction of sp³-hybridized carbons (Fsp3) is 0.400. The van der Waals surface area contributed by atoms with E-state index in [9.17, 15) is 18.0 Å². The van der Waals surface area contributed by atoms with E-state index < -0.39 is 32.9 Å². The zero-order chi connectivity index (χ0) is 20.5. The molecule has 150 valence electrons. The Morgan fingerprint density at radius 2 is 1.79 bits per heavy atom. The number of carbonyl (C=O) groups excluding carboxylic acids is 2. The summed E-state index contributed by atoms with van der Waals surface area (Å²) >= 11 is 6.91. The lowest BCUT2D eigenvalue weighted by Crippen LogP contribution is -2.45. The van der Waals surface area contributed by atoms with Gasteiger partial charge in [-0.1, -0.05) is 30.5 Å². The Kier molecular flexibility index (Phi) is 5.98. The Bertz CT molecular complexity index is 1020. The molecule has 1 aliphatic rings. The largest absolute Gasteiger partial charge is 0.456 e. The van der Waals surface area contributed by atoms with Gasteiger partial charge < -0.3 is 4.74 Å². The summed E-state index contributed by atoms with van der Waals surface area (Å²) in [6.07, 6.45) is 1.63. The van der Waals surface area contributed by atoms with E-state index in [2.05, 4.69) is 0 Å². The molecule has 1 aromatic carbocycles. The number of halogens is 1. The molecule has 0 spiro atoms. The van der Waals surface area contributed by atoms with E-state index in [1.54, 1.807) is 24.3 Å². The van der Waals surface area contributed by atoms with Crippen molar-refractivity contribution < 1.29 is 22.7 Å². The number of thiophene rings is 1. The van der Waals surface area contributed by atoms with Crippen LogP contribution in [-0.2, 0) is 19.4 Å². The Labute approximate surface area is 173 Å². The molecular weight excluding hydrogens is 420 g/mol. The first-order chi connectivity index (χ1) is 13.2. The number of hydrogen-bond acceptors (Lipinski definition) is 6. The monoisotopic (exact) mass is 440 g/mol. The zero-order valence-electron chi connectivity index (χ0n) is 15.7. The predicted molar refractivity (Wildman–Crippen MR) is 109 cm³/mol. The molecule has 0 radical (unpaired) electrons. The van der Waals surface area contributed by atoms with Crippen LogP contribution in [0.4, 0.5) is 0 Å². The number of rotatable bonds is 6. The Morgan fingerprint density at radius 3 is 2.36 bits per heavy atom. The summed E-state index contributed by atoms with van der Waals surface area (Å²) in [7, 11) is -3.95. The van der Waals surface area contributed by atoms with Crippen LogP contribution >= 0.6 is 22.9 Å². The van der Waals surface area contributed by atoms with Gasteiger partial charge in [0.1, 0.15) is 0 Å². The second-order valence-corrected chi connectivity index (χ2v) is 11.0. The molecule has 1 aliphatic carbocycles. The van der Waals surface area contributed by atoms with Gasteiger partial charge >= 0.3 is 5.97 Å². The summed E-state index contributed by atoms with van der Waals surface area (Å²) in [6.45, 7) is 3.23. The van der Waals surface area contributed by atoms with Crippen molar-refractivity contribution in [3.05, 3.63) is 50.7 Å². The molecule has 0 saturated heterocycles. The molecule has 0 unspecified atom stereocenters. The summed E-state index contributed by atoms with van der Waals surface area (Å²) in [4.78, 5) is 25.6. The van der Waals surface area contributed by atoms with Gasteiger partial charge in [0.2, 0.25) is 5.78 Å². The molecule has 5 nitrogen and oxygen atoms in total. The number of Topliss-reactive ketones (excluding diaryl/α,β-unsaturated/α-hetero) is 1. The van der Waals surface area contributed by atoms with Gasteiger partial charge in [-0.3, -0.25) is 9.59 Å². The normalized spacial score (nSPS) is 16.1. The molecule has 1 aromatic heterocycles. The lowest BCUT2D eigenvalue weighted by Gasteiger charge is -2.26. The van der Waals surface area contributed by atoms with Crippen molar-refractivity contribution in [2.75, 3.05) is 6.61 Å². The molecule has 0 bridgehead atoms. The average molecular weight is 441 g/mol. The zero-order valence-corrected chi connectivity index (χ0v) is 18.0. The van der Waals surface area contributed by atoms with Crippen LogP contribution in [0.25, 0.3) is 0 Å². The van der Waals surface area contributed by atoms with Gasteiger partial charge in [0.15, 0.2) is 21.2 Å². The average Bonchev–Trinajstić information content (AvgIpc) is 3.31. The van der Waals surface area contributed by atoms with Crippen LogP contribution in [0.1, 0.15) is 46.5 Å². The molecule has 1 fully saturated rings. The summed E-state index contributed by atoms with van der Waals surface area (Å²) in [6, 6.07) is 8.01. The number of hydrogen-bond donors (Lipinski definition) is 0. The third kappa shape index (κ3) is 3.75. The highest BCUT2D eigenvalue weighted by molar-refractivity contribution is 7.93. The molecule has 0 atom stereocenters. The molecule has 8 heteroatoms. The minimum Gasteiger partial charge on any atom is -0.456 e. The topological polar surface area (TPSA) is 77.5 Å².